The molecule has 1 aliphatic heterocycles. The fraction of sp³-hybridized carbons (Fsp3) is 0.258. The van der Waals surface area contributed by atoms with Gasteiger partial charge in [-0.05, 0) is 54.3 Å². The van der Waals surface area contributed by atoms with E-state index in [1.807, 2.05) is 38.1 Å². The third-order valence-corrected chi connectivity index (χ3v) is 7.79. The van der Waals surface area contributed by atoms with Gasteiger partial charge in [0.1, 0.15) is 18.2 Å². The van der Waals surface area contributed by atoms with E-state index in [1.165, 1.54) is 47.1 Å². The Hall–Kier alpha value is -4.72. The number of ether oxygens (including phenoxy) is 1. The monoisotopic (exact) mass is 640 g/mol. The zero-order valence-electron chi connectivity index (χ0n) is 24.3. The number of para-hydroxylation sites is 1. The second-order valence-electron chi connectivity index (χ2n) is 10.4. The summed E-state index contributed by atoms with van der Waals surface area (Å²) in [4.78, 5) is 35.3. The molecule has 5 rings (SSSR count). The number of thioether (sulfide) groups is 1. The van der Waals surface area contributed by atoms with E-state index in [4.69, 9.17) is 0 Å². The third-order valence-electron chi connectivity index (χ3n) is 6.87. The molecule has 1 aromatic heterocycles. The number of nitrogens with zero attached hydrogens (tertiary/aromatic N) is 5. The molecule has 9 nitrogen and oxygen atoms in total. The number of urea groups is 1. The molecule has 2 heterocycles. The van der Waals surface area contributed by atoms with Crippen molar-refractivity contribution in [3.8, 4) is 22.8 Å². The van der Waals surface area contributed by atoms with Gasteiger partial charge in [0, 0.05) is 5.56 Å². The standard InChI is InChI=1S/C31H28F4N6O3S/c1-18(2)24-6-4-5-7-25(24)41-26(42)16-45-30(41)38-29(43)37-19(3)27(32)20-8-10-21(11-9-20)28-36-17-40(39-28)22-12-14-23(15-13-22)44-31(33,34)35/h4-15,17-19,27H,16H2,1-3H3,(H,37,43)/b38-30-. The SMILES string of the molecule is CC(C)c1ccccc1N1C(=O)CS/C1=N\C(=O)NC(C)C(F)c1ccc(-c2ncn(-c3ccc(OC(F)(F)F)cc3)n2)cc1. The minimum atomic E-state index is -4.79. The number of alkyl halides is 4. The maximum atomic E-state index is 15.4. The highest BCUT2D eigenvalue weighted by molar-refractivity contribution is 8.15. The fourth-order valence-corrected chi connectivity index (χ4v) is 5.53. The Morgan fingerprint density at radius 1 is 1.02 bits per heavy atom. The van der Waals surface area contributed by atoms with Crippen molar-refractivity contribution in [1.29, 1.82) is 0 Å². The van der Waals surface area contributed by atoms with Gasteiger partial charge in [-0.2, -0.15) is 4.99 Å². The van der Waals surface area contributed by atoms with Crippen LogP contribution >= 0.6 is 11.8 Å². The smallest absolute Gasteiger partial charge is 0.406 e. The van der Waals surface area contributed by atoms with Crippen LogP contribution in [0.3, 0.4) is 0 Å². The predicted octanol–water partition coefficient (Wildman–Crippen LogP) is 7.20. The number of aromatic nitrogens is 3. The number of rotatable bonds is 8. The first-order valence-electron chi connectivity index (χ1n) is 13.9. The van der Waals surface area contributed by atoms with Gasteiger partial charge < -0.3 is 10.1 Å². The van der Waals surface area contributed by atoms with Crippen LogP contribution in [0.25, 0.3) is 17.1 Å². The van der Waals surface area contributed by atoms with Gasteiger partial charge in [0.2, 0.25) is 5.91 Å². The van der Waals surface area contributed by atoms with Gasteiger partial charge in [-0.15, -0.1) is 18.3 Å². The molecule has 0 aliphatic carbocycles. The number of hydrogen-bond acceptors (Lipinski definition) is 6. The van der Waals surface area contributed by atoms with Gasteiger partial charge >= 0.3 is 12.4 Å². The van der Waals surface area contributed by atoms with Crippen molar-refractivity contribution in [2.45, 2.75) is 45.3 Å². The molecule has 3 amide bonds. The minimum absolute atomic E-state index is 0.141. The summed E-state index contributed by atoms with van der Waals surface area (Å²) in [6.07, 6.45) is -4.95. The molecule has 234 valence electrons. The summed E-state index contributed by atoms with van der Waals surface area (Å²) in [6, 6.07) is 17.2. The number of benzene rings is 3. The maximum absolute atomic E-state index is 15.4. The van der Waals surface area contributed by atoms with Crippen LogP contribution in [0, 0.1) is 0 Å². The van der Waals surface area contributed by atoms with E-state index < -0.39 is 24.6 Å². The number of hydrogen-bond donors (Lipinski definition) is 1. The van der Waals surface area contributed by atoms with Crippen molar-refractivity contribution < 1.29 is 31.9 Å². The molecule has 0 saturated carbocycles. The lowest BCUT2D eigenvalue weighted by Crippen LogP contribution is -2.36. The van der Waals surface area contributed by atoms with E-state index in [0.717, 1.165) is 17.3 Å². The molecule has 45 heavy (non-hydrogen) atoms. The molecule has 1 N–H and O–H groups in total. The average molecular weight is 641 g/mol. The molecule has 1 saturated heterocycles. The van der Waals surface area contributed by atoms with Crippen molar-refractivity contribution in [2.75, 3.05) is 10.7 Å². The number of amides is 3. The van der Waals surface area contributed by atoms with Gasteiger partial charge in [0.25, 0.3) is 0 Å². The normalized spacial score (nSPS) is 15.9. The Balaban J connectivity index is 1.23. The molecular weight excluding hydrogens is 612 g/mol. The molecule has 1 aliphatic rings. The van der Waals surface area contributed by atoms with Crippen molar-refractivity contribution in [3.05, 3.63) is 90.3 Å². The van der Waals surface area contributed by atoms with E-state index in [0.29, 0.717) is 28.3 Å². The Morgan fingerprint density at radius 3 is 2.38 bits per heavy atom. The first kappa shape index (κ1) is 31.7. The minimum Gasteiger partial charge on any atom is -0.406 e. The highest BCUT2D eigenvalue weighted by atomic mass is 32.2. The number of carbonyl (C=O) groups excluding carboxylic acids is 2. The molecular formula is C31H28F4N6O3S. The maximum Gasteiger partial charge on any atom is 0.573 e. The lowest BCUT2D eigenvalue weighted by Gasteiger charge is -2.22. The van der Waals surface area contributed by atoms with Gasteiger partial charge in [-0.25, -0.2) is 18.9 Å². The molecule has 0 radical (unpaired) electrons. The van der Waals surface area contributed by atoms with Crippen LogP contribution < -0.4 is 15.0 Å². The van der Waals surface area contributed by atoms with Crippen molar-refractivity contribution in [2.24, 2.45) is 4.99 Å². The van der Waals surface area contributed by atoms with Crippen molar-refractivity contribution in [3.63, 3.8) is 0 Å². The molecule has 2 atom stereocenters. The average Bonchev–Trinajstić information content (AvgIpc) is 3.63. The van der Waals surface area contributed by atoms with Crippen molar-refractivity contribution >= 4 is 34.6 Å². The summed E-state index contributed by atoms with van der Waals surface area (Å²) in [5.74, 6) is 0.0496. The van der Waals surface area contributed by atoms with Crippen LogP contribution in [0.1, 0.15) is 44.0 Å². The first-order valence-corrected chi connectivity index (χ1v) is 14.8. The summed E-state index contributed by atoms with van der Waals surface area (Å²) in [5.41, 5.74) is 2.95. The number of nitrogens with one attached hydrogen (secondary N) is 1. The summed E-state index contributed by atoms with van der Waals surface area (Å²) < 4.78 is 57.9. The van der Waals surface area contributed by atoms with E-state index in [9.17, 15) is 22.8 Å². The Labute approximate surface area is 260 Å². The van der Waals surface area contributed by atoms with Crippen LogP contribution in [0.2, 0.25) is 0 Å². The molecule has 3 aromatic carbocycles. The Bertz CT molecular complexity index is 1710. The van der Waals surface area contributed by atoms with Crippen LogP contribution in [-0.2, 0) is 4.79 Å². The zero-order valence-corrected chi connectivity index (χ0v) is 25.1. The van der Waals surface area contributed by atoms with Gasteiger partial charge in [0.05, 0.1) is 23.2 Å². The molecule has 0 bridgehead atoms. The van der Waals surface area contributed by atoms with Crippen LogP contribution in [-0.4, -0.2) is 50.0 Å². The highest BCUT2D eigenvalue weighted by Crippen LogP contribution is 2.33. The fourth-order valence-electron chi connectivity index (χ4n) is 4.67. The van der Waals surface area contributed by atoms with E-state index in [2.05, 4.69) is 25.1 Å². The van der Waals surface area contributed by atoms with E-state index in [-0.39, 0.29) is 28.5 Å². The molecule has 2 unspecified atom stereocenters. The number of carbonyl (C=O) groups is 2. The lowest BCUT2D eigenvalue weighted by molar-refractivity contribution is -0.274. The van der Waals surface area contributed by atoms with E-state index in [1.54, 1.807) is 24.3 Å². The summed E-state index contributed by atoms with van der Waals surface area (Å²) in [6.45, 7) is 5.54. The third kappa shape index (κ3) is 7.51. The Kier molecular flexibility index (Phi) is 9.23. The highest BCUT2D eigenvalue weighted by Gasteiger charge is 2.33. The quantitative estimate of drug-likeness (QED) is 0.205. The van der Waals surface area contributed by atoms with Crippen LogP contribution in [0.5, 0.6) is 5.75 Å². The van der Waals surface area contributed by atoms with Crippen molar-refractivity contribution in [1.82, 2.24) is 20.1 Å². The van der Waals surface area contributed by atoms with Gasteiger partial charge in [-0.1, -0.05) is 68.1 Å². The van der Waals surface area contributed by atoms with E-state index >= 15 is 4.39 Å². The van der Waals surface area contributed by atoms with Crippen LogP contribution in [0.15, 0.2) is 84.1 Å². The van der Waals surface area contributed by atoms with Gasteiger partial charge in [-0.3, -0.25) is 9.69 Å². The first-order chi connectivity index (χ1) is 21.4. The predicted molar refractivity (Wildman–Crippen MR) is 163 cm³/mol. The lowest BCUT2D eigenvalue weighted by atomic mass is 10.0. The molecule has 1 fully saturated rings. The zero-order chi connectivity index (χ0) is 32.3. The molecule has 0 spiro atoms. The van der Waals surface area contributed by atoms with Crippen LogP contribution in [0.4, 0.5) is 28.0 Å². The Morgan fingerprint density at radius 2 is 1.71 bits per heavy atom. The number of aliphatic imine (C=N–C) groups is 1. The molecule has 14 heteroatoms. The topological polar surface area (TPSA) is 102 Å². The number of halogens is 4. The summed E-state index contributed by atoms with van der Waals surface area (Å²) in [7, 11) is 0. The number of anilines is 1. The molecule has 4 aromatic rings. The largest absolute Gasteiger partial charge is 0.573 e. The van der Waals surface area contributed by atoms with Gasteiger partial charge in [0.15, 0.2) is 11.0 Å². The summed E-state index contributed by atoms with van der Waals surface area (Å²) >= 11 is 1.15. The number of amidine groups is 1. The summed E-state index contributed by atoms with van der Waals surface area (Å²) in [5, 5.41) is 7.14. The second-order valence-corrected chi connectivity index (χ2v) is 11.4. The second kappa shape index (κ2) is 13.1.